The number of benzene rings is 2. The second kappa shape index (κ2) is 6.55. The van der Waals surface area contributed by atoms with Crippen molar-refractivity contribution in [1.82, 2.24) is 0 Å². The molecule has 0 bridgehead atoms. The maximum absolute atomic E-state index is 10.0. The average Bonchev–Trinajstić information content (AvgIpc) is 2.57. The summed E-state index contributed by atoms with van der Waals surface area (Å²) in [5.74, 6) is 0.159. The summed E-state index contributed by atoms with van der Waals surface area (Å²) < 4.78 is 0.897. The highest BCUT2D eigenvalue weighted by Gasteiger charge is 2.35. The Bertz CT molecular complexity index is 740. The van der Waals surface area contributed by atoms with Gasteiger partial charge in [0.1, 0.15) is 11.8 Å². The molecule has 0 fully saturated rings. The molecule has 3 rings (SSSR count). The third kappa shape index (κ3) is 3.18. The van der Waals surface area contributed by atoms with Gasteiger partial charge in [-0.1, -0.05) is 30.3 Å². The number of hydrogen-bond donors (Lipinski definition) is 3. The van der Waals surface area contributed by atoms with Gasteiger partial charge in [0.05, 0.1) is 33.9 Å². The second-order valence-electron chi connectivity index (χ2n) is 7.28. The molecule has 1 aliphatic heterocycles. The number of aliphatic hydroxyl groups is 2. The molecule has 0 aliphatic carbocycles. The van der Waals surface area contributed by atoms with E-state index in [9.17, 15) is 15.3 Å². The van der Waals surface area contributed by atoms with Crippen LogP contribution >= 0.6 is 0 Å². The number of fused-ring (bicyclic) bond motifs is 1. The molecule has 1 aliphatic rings. The lowest BCUT2D eigenvalue weighted by atomic mass is 9.86. The molecule has 4 heteroatoms. The fourth-order valence-corrected chi connectivity index (χ4v) is 3.69. The molecule has 4 nitrogen and oxygen atoms in total. The van der Waals surface area contributed by atoms with E-state index in [1.165, 1.54) is 11.1 Å². The number of likely N-dealkylation sites (N-methyl/N-ethyl adjacent to an activating group) is 1. The van der Waals surface area contributed by atoms with E-state index in [0.717, 1.165) is 35.0 Å². The number of phenols is 1. The number of nitrogens with zero attached hydrogens (tertiary/aromatic N) is 1. The van der Waals surface area contributed by atoms with Crippen LogP contribution in [0.25, 0.3) is 0 Å². The Hall–Kier alpha value is -1.88. The SMILES string of the molecule is C[N+]1(C)CCc2cc(CO)ccc2[C@H]1Cc1ccc(CO)c(O)c1. The topological polar surface area (TPSA) is 60.7 Å². The Morgan fingerprint density at radius 2 is 1.75 bits per heavy atom. The molecule has 2 aromatic rings. The monoisotopic (exact) mass is 328 g/mol. The molecule has 0 radical (unpaired) electrons. The van der Waals surface area contributed by atoms with E-state index in [2.05, 4.69) is 26.2 Å². The van der Waals surface area contributed by atoms with Gasteiger partial charge in [0.25, 0.3) is 0 Å². The van der Waals surface area contributed by atoms with Gasteiger partial charge in [0.15, 0.2) is 0 Å². The Kier molecular flexibility index (Phi) is 4.63. The molecule has 0 saturated heterocycles. The van der Waals surface area contributed by atoms with Crippen LogP contribution < -0.4 is 0 Å². The van der Waals surface area contributed by atoms with Crippen molar-refractivity contribution >= 4 is 0 Å². The summed E-state index contributed by atoms with van der Waals surface area (Å²) in [6.45, 7) is 0.976. The smallest absolute Gasteiger partial charge is 0.121 e. The normalized spacial score (nSPS) is 19.1. The van der Waals surface area contributed by atoms with Crippen LogP contribution in [0.3, 0.4) is 0 Å². The van der Waals surface area contributed by atoms with Crippen molar-refractivity contribution in [3.8, 4) is 5.75 Å². The zero-order chi connectivity index (χ0) is 17.3. The van der Waals surface area contributed by atoms with Crippen LogP contribution in [0, 0.1) is 0 Å². The van der Waals surface area contributed by atoms with Crippen molar-refractivity contribution < 1.29 is 19.8 Å². The van der Waals surface area contributed by atoms with Crippen LogP contribution in [0.4, 0.5) is 0 Å². The molecule has 1 atom stereocenters. The van der Waals surface area contributed by atoms with E-state index in [1.54, 1.807) is 12.1 Å². The maximum atomic E-state index is 10.0. The van der Waals surface area contributed by atoms with E-state index in [4.69, 9.17) is 0 Å². The predicted molar refractivity (Wildman–Crippen MR) is 93.5 cm³/mol. The van der Waals surface area contributed by atoms with E-state index >= 15 is 0 Å². The first-order valence-electron chi connectivity index (χ1n) is 8.41. The van der Waals surface area contributed by atoms with Crippen molar-refractivity contribution in [3.05, 3.63) is 64.2 Å². The maximum Gasteiger partial charge on any atom is 0.121 e. The largest absolute Gasteiger partial charge is 0.508 e. The Morgan fingerprint density at radius 3 is 2.42 bits per heavy atom. The van der Waals surface area contributed by atoms with Crippen LogP contribution in [0.15, 0.2) is 36.4 Å². The lowest BCUT2D eigenvalue weighted by molar-refractivity contribution is -0.923. The zero-order valence-electron chi connectivity index (χ0n) is 14.4. The van der Waals surface area contributed by atoms with Crippen molar-refractivity contribution in [2.75, 3.05) is 20.6 Å². The van der Waals surface area contributed by atoms with Crippen molar-refractivity contribution in [2.24, 2.45) is 0 Å². The van der Waals surface area contributed by atoms with Gasteiger partial charge in [-0.3, -0.25) is 0 Å². The van der Waals surface area contributed by atoms with Crippen molar-refractivity contribution in [1.29, 1.82) is 0 Å². The molecule has 128 valence electrons. The van der Waals surface area contributed by atoms with E-state index in [1.807, 2.05) is 12.1 Å². The van der Waals surface area contributed by atoms with Crippen molar-refractivity contribution in [2.45, 2.75) is 32.1 Å². The fourth-order valence-electron chi connectivity index (χ4n) is 3.69. The van der Waals surface area contributed by atoms with E-state index < -0.39 is 0 Å². The fraction of sp³-hybridized carbons (Fsp3) is 0.400. The molecule has 1 heterocycles. The quantitative estimate of drug-likeness (QED) is 0.755. The van der Waals surface area contributed by atoms with Crippen LogP contribution in [-0.2, 0) is 26.1 Å². The highest BCUT2D eigenvalue weighted by molar-refractivity contribution is 5.39. The molecule has 0 spiro atoms. The van der Waals surface area contributed by atoms with Crippen LogP contribution in [0.1, 0.15) is 33.9 Å². The first-order valence-corrected chi connectivity index (χ1v) is 8.41. The van der Waals surface area contributed by atoms with Gasteiger partial charge in [-0.2, -0.15) is 0 Å². The van der Waals surface area contributed by atoms with Crippen LogP contribution in [0.2, 0.25) is 0 Å². The lowest BCUT2D eigenvalue weighted by Crippen LogP contribution is -2.48. The summed E-state index contributed by atoms with van der Waals surface area (Å²) in [6, 6.07) is 12.1. The number of hydrogen-bond acceptors (Lipinski definition) is 3. The third-order valence-electron chi connectivity index (χ3n) is 5.30. The lowest BCUT2D eigenvalue weighted by Gasteiger charge is -2.43. The standard InChI is InChI=1S/C20H25NO3/c1-21(2)8-7-16-9-15(12-22)4-6-18(16)19(21)10-14-3-5-17(13-23)20(24)11-14/h3-6,9,11,19,22-23H,7-8,10,12-13H2,1-2H3/p+1/t19-/m1/s1. The number of aromatic hydroxyl groups is 1. The Balaban J connectivity index is 1.95. The number of aliphatic hydroxyl groups excluding tert-OH is 2. The highest BCUT2D eigenvalue weighted by Crippen LogP contribution is 2.37. The van der Waals surface area contributed by atoms with Gasteiger partial charge < -0.3 is 19.8 Å². The predicted octanol–water partition coefficient (Wildman–Crippen LogP) is 2.29. The Labute approximate surface area is 143 Å². The molecule has 0 aromatic heterocycles. The van der Waals surface area contributed by atoms with E-state index in [0.29, 0.717) is 11.6 Å². The summed E-state index contributed by atoms with van der Waals surface area (Å²) in [6.07, 6.45) is 1.85. The zero-order valence-corrected chi connectivity index (χ0v) is 14.4. The summed E-state index contributed by atoms with van der Waals surface area (Å²) in [4.78, 5) is 0. The molecule has 2 aromatic carbocycles. The van der Waals surface area contributed by atoms with Gasteiger partial charge in [0.2, 0.25) is 0 Å². The van der Waals surface area contributed by atoms with Crippen LogP contribution in [-0.4, -0.2) is 40.4 Å². The summed E-state index contributed by atoms with van der Waals surface area (Å²) in [5, 5.41) is 28.6. The van der Waals surface area contributed by atoms with Gasteiger partial charge in [0, 0.05) is 24.0 Å². The first-order chi connectivity index (χ1) is 11.4. The molecule has 0 saturated carbocycles. The minimum atomic E-state index is -0.149. The number of rotatable bonds is 4. The van der Waals surface area contributed by atoms with Gasteiger partial charge in [-0.15, -0.1) is 0 Å². The third-order valence-corrected chi connectivity index (χ3v) is 5.30. The molecule has 0 amide bonds. The average molecular weight is 328 g/mol. The minimum Gasteiger partial charge on any atom is -0.508 e. The minimum absolute atomic E-state index is 0.0761. The highest BCUT2D eigenvalue weighted by atomic mass is 16.3. The molecule has 24 heavy (non-hydrogen) atoms. The molecular formula is C20H26NO3+. The molecule has 3 N–H and O–H groups in total. The number of quaternary nitrogens is 1. The summed E-state index contributed by atoms with van der Waals surface area (Å²) in [5.41, 5.74) is 5.24. The molecular weight excluding hydrogens is 302 g/mol. The second-order valence-corrected chi connectivity index (χ2v) is 7.28. The summed E-state index contributed by atoms with van der Waals surface area (Å²) >= 11 is 0. The van der Waals surface area contributed by atoms with Gasteiger partial charge in [-0.05, 0) is 22.8 Å². The van der Waals surface area contributed by atoms with Crippen LogP contribution in [0.5, 0.6) is 5.75 Å². The molecule has 0 unspecified atom stereocenters. The van der Waals surface area contributed by atoms with E-state index in [-0.39, 0.29) is 19.0 Å². The van der Waals surface area contributed by atoms with Crippen molar-refractivity contribution in [3.63, 3.8) is 0 Å². The Morgan fingerprint density at radius 1 is 1.00 bits per heavy atom. The first kappa shape index (κ1) is 17.0. The summed E-state index contributed by atoms with van der Waals surface area (Å²) in [7, 11) is 4.49. The van der Waals surface area contributed by atoms with Gasteiger partial charge >= 0.3 is 0 Å². The van der Waals surface area contributed by atoms with Gasteiger partial charge in [-0.25, -0.2) is 0 Å².